The quantitative estimate of drug-likeness (QED) is 0.322. The summed E-state index contributed by atoms with van der Waals surface area (Å²) in [6.07, 6.45) is 3.70. The fraction of sp³-hybridized carbons (Fsp3) is 0.455. The molecule has 0 aliphatic rings. The van der Waals surface area contributed by atoms with Crippen LogP contribution in [0.1, 0.15) is 56.4 Å². The molecular formula is C22H32NO3P. The molecule has 0 fully saturated rings. The standard InChI is InChI=1S/C22H32NO3P/c1-3-5-17-25-27(24,26-18-6-4-2)22(21-15-11-8-12-16-21)23-19-20-13-9-7-10-14-20/h7-16,22-23H,3-6,17-19H2,1-2H3. The van der Waals surface area contributed by atoms with Crippen molar-refractivity contribution >= 4 is 7.60 Å². The normalized spacial score (nSPS) is 12.8. The van der Waals surface area contributed by atoms with Gasteiger partial charge in [0.05, 0.1) is 13.2 Å². The first-order chi connectivity index (χ1) is 13.2. The lowest BCUT2D eigenvalue weighted by molar-refractivity contribution is 0.188. The van der Waals surface area contributed by atoms with Crippen LogP contribution in [0.15, 0.2) is 60.7 Å². The highest BCUT2D eigenvalue weighted by molar-refractivity contribution is 7.54. The molecule has 5 heteroatoms. The van der Waals surface area contributed by atoms with Crippen LogP contribution in [0.4, 0.5) is 0 Å². The third kappa shape index (κ3) is 7.23. The van der Waals surface area contributed by atoms with E-state index in [1.165, 1.54) is 0 Å². The van der Waals surface area contributed by atoms with Gasteiger partial charge in [0, 0.05) is 6.54 Å². The number of unbranched alkanes of at least 4 members (excludes halogenated alkanes) is 2. The summed E-state index contributed by atoms with van der Waals surface area (Å²) in [6, 6.07) is 19.9. The monoisotopic (exact) mass is 389 g/mol. The Labute approximate surface area is 163 Å². The van der Waals surface area contributed by atoms with Gasteiger partial charge in [-0.3, -0.25) is 9.88 Å². The van der Waals surface area contributed by atoms with Gasteiger partial charge in [0.15, 0.2) is 0 Å². The van der Waals surface area contributed by atoms with Crippen molar-refractivity contribution < 1.29 is 13.6 Å². The van der Waals surface area contributed by atoms with Crippen LogP contribution in [0.2, 0.25) is 0 Å². The molecule has 0 aliphatic carbocycles. The maximum atomic E-state index is 13.8. The van der Waals surface area contributed by atoms with Crippen LogP contribution in [0.3, 0.4) is 0 Å². The van der Waals surface area contributed by atoms with E-state index in [1.807, 2.05) is 48.5 Å². The topological polar surface area (TPSA) is 47.6 Å². The van der Waals surface area contributed by atoms with Gasteiger partial charge < -0.3 is 9.05 Å². The van der Waals surface area contributed by atoms with Gasteiger partial charge in [-0.2, -0.15) is 0 Å². The second kappa shape index (κ2) is 12.1. The second-order valence-electron chi connectivity index (χ2n) is 6.59. The Morgan fingerprint density at radius 3 is 1.89 bits per heavy atom. The molecular weight excluding hydrogens is 357 g/mol. The molecule has 2 rings (SSSR count). The van der Waals surface area contributed by atoms with E-state index in [0.717, 1.165) is 36.8 Å². The van der Waals surface area contributed by atoms with Crippen molar-refractivity contribution in [2.45, 2.75) is 51.9 Å². The third-order valence-corrected chi connectivity index (χ3v) is 6.51. The van der Waals surface area contributed by atoms with Crippen molar-refractivity contribution in [3.63, 3.8) is 0 Å². The number of hydrogen-bond acceptors (Lipinski definition) is 4. The molecule has 27 heavy (non-hydrogen) atoms. The summed E-state index contributed by atoms with van der Waals surface area (Å²) in [7, 11) is -3.36. The highest BCUT2D eigenvalue weighted by atomic mass is 31.2. The molecule has 2 aromatic carbocycles. The van der Waals surface area contributed by atoms with E-state index in [1.54, 1.807) is 0 Å². The Hall–Kier alpha value is -1.45. The first-order valence-corrected chi connectivity index (χ1v) is 11.5. The predicted octanol–water partition coefficient (Wildman–Crippen LogP) is 6.30. The van der Waals surface area contributed by atoms with Crippen molar-refractivity contribution in [2.75, 3.05) is 13.2 Å². The van der Waals surface area contributed by atoms with E-state index in [4.69, 9.17) is 9.05 Å². The Balaban J connectivity index is 2.23. The molecule has 148 valence electrons. The van der Waals surface area contributed by atoms with Crippen LogP contribution in [0.5, 0.6) is 0 Å². The predicted molar refractivity (Wildman–Crippen MR) is 112 cm³/mol. The number of nitrogens with one attached hydrogen (secondary N) is 1. The van der Waals surface area contributed by atoms with E-state index in [2.05, 4.69) is 31.3 Å². The lowest BCUT2D eigenvalue weighted by Crippen LogP contribution is -2.23. The first-order valence-electron chi connectivity index (χ1n) is 9.90. The Kier molecular flexibility index (Phi) is 9.79. The minimum absolute atomic E-state index is 0.441. The molecule has 1 N–H and O–H groups in total. The van der Waals surface area contributed by atoms with Crippen molar-refractivity contribution in [1.29, 1.82) is 0 Å². The summed E-state index contributed by atoms with van der Waals surface area (Å²) in [5, 5.41) is 3.43. The van der Waals surface area contributed by atoms with Crippen LogP contribution < -0.4 is 5.32 Å². The zero-order chi connectivity index (χ0) is 19.4. The summed E-state index contributed by atoms with van der Waals surface area (Å²) in [6.45, 7) is 5.66. The molecule has 0 spiro atoms. The van der Waals surface area contributed by atoms with Crippen molar-refractivity contribution in [3.8, 4) is 0 Å². The Morgan fingerprint density at radius 2 is 1.37 bits per heavy atom. The fourth-order valence-corrected chi connectivity index (χ4v) is 4.71. The summed E-state index contributed by atoms with van der Waals surface area (Å²) < 4.78 is 25.6. The number of rotatable bonds is 13. The SMILES string of the molecule is CCCCOP(=O)(OCCCC)C(NCc1ccccc1)c1ccccc1. The molecule has 0 aliphatic heterocycles. The average Bonchev–Trinajstić information content (AvgIpc) is 2.70. The molecule has 2 aromatic rings. The Bertz CT molecular complexity index is 664. The van der Waals surface area contributed by atoms with Gasteiger partial charge in [0.25, 0.3) is 0 Å². The van der Waals surface area contributed by atoms with Gasteiger partial charge in [-0.25, -0.2) is 0 Å². The summed E-state index contributed by atoms with van der Waals surface area (Å²) in [4.78, 5) is 0. The highest BCUT2D eigenvalue weighted by Gasteiger charge is 2.37. The second-order valence-corrected chi connectivity index (χ2v) is 8.71. The average molecular weight is 389 g/mol. The van der Waals surface area contributed by atoms with Gasteiger partial charge in [-0.1, -0.05) is 87.4 Å². The van der Waals surface area contributed by atoms with Gasteiger partial charge in [-0.15, -0.1) is 0 Å². The third-order valence-electron chi connectivity index (χ3n) is 4.31. The smallest absolute Gasteiger partial charge is 0.307 e. The zero-order valence-electron chi connectivity index (χ0n) is 16.5. The van der Waals surface area contributed by atoms with Crippen LogP contribution in [-0.2, 0) is 20.2 Å². The van der Waals surface area contributed by atoms with E-state index in [0.29, 0.717) is 19.8 Å². The summed E-state index contributed by atoms with van der Waals surface area (Å²) in [5.41, 5.74) is 2.05. The lowest BCUT2D eigenvalue weighted by atomic mass is 10.2. The summed E-state index contributed by atoms with van der Waals surface area (Å²) in [5.74, 6) is -0.493. The van der Waals surface area contributed by atoms with Gasteiger partial charge in [0.2, 0.25) is 0 Å². The van der Waals surface area contributed by atoms with Crippen molar-refractivity contribution in [2.24, 2.45) is 0 Å². The van der Waals surface area contributed by atoms with Gasteiger partial charge in [-0.05, 0) is 24.0 Å². The molecule has 1 unspecified atom stereocenters. The van der Waals surface area contributed by atoms with E-state index in [-0.39, 0.29) is 0 Å². The van der Waals surface area contributed by atoms with E-state index in [9.17, 15) is 4.57 Å². The molecule has 0 saturated heterocycles. The highest BCUT2D eigenvalue weighted by Crippen LogP contribution is 2.60. The molecule has 0 saturated carbocycles. The van der Waals surface area contributed by atoms with Crippen LogP contribution in [0, 0.1) is 0 Å². The summed E-state index contributed by atoms with van der Waals surface area (Å²) >= 11 is 0. The number of hydrogen-bond donors (Lipinski definition) is 1. The first kappa shape index (κ1) is 21.8. The van der Waals surface area contributed by atoms with Crippen LogP contribution in [0.25, 0.3) is 0 Å². The van der Waals surface area contributed by atoms with E-state index >= 15 is 0 Å². The van der Waals surface area contributed by atoms with Crippen molar-refractivity contribution in [1.82, 2.24) is 5.32 Å². The zero-order valence-corrected chi connectivity index (χ0v) is 17.4. The van der Waals surface area contributed by atoms with Gasteiger partial charge in [0.1, 0.15) is 5.78 Å². The Morgan fingerprint density at radius 1 is 0.852 bits per heavy atom. The largest absolute Gasteiger partial charge is 0.351 e. The van der Waals surface area contributed by atoms with E-state index < -0.39 is 13.4 Å². The maximum absolute atomic E-state index is 13.8. The molecule has 0 aromatic heterocycles. The molecule has 0 heterocycles. The van der Waals surface area contributed by atoms with Crippen molar-refractivity contribution in [3.05, 3.63) is 71.8 Å². The lowest BCUT2D eigenvalue weighted by Gasteiger charge is -2.28. The van der Waals surface area contributed by atoms with Crippen LogP contribution >= 0.6 is 7.60 Å². The number of benzene rings is 2. The molecule has 1 atom stereocenters. The molecule has 0 amide bonds. The maximum Gasteiger partial charge on any atom is 0.351 e. The molecule has 4 nitrogen and oxygen atoms in total. The van der Waals surface area contributed by atoms with Gasteiger partial charge >= 0.3 is 7.60 Å². The fourth-order valence-electron chi connectivity index (χ4n) is 2.72. The minimum atomic E-state index is -3.36. The van der Waals surface area contributed by atoms with Crippen LogP contribution in [-0.4, -0.2) is 13.2 Å². The minimum Gasteiger partial charge on any atom is -0.307 e. The molecule has 0 bridgehead atoms. The molecule has 0 radical (unpaired) electrons.